The summed E-state index contributed by atoms with van der Waals surface area (Å²) >= 11 is 0. The molecule has 0 spiro atoms. The fourth-order valence-electron chi connectivity index (χ4n) is 3.19. The van der Waals surface area contributed by atoms with Gasteiger partial charge in [-0.1, -0.05) is 19.1 Å². The van der Waals surface area contributed by atoms with Crippen LogP contribution < -0.4 is 5.32 Å². The number of aromatic nitrogens is 3. The van der Waals surface area contributed by atoms with Crippen molar-refractivity contribution in [2.45, 2.75) is 58.2 Å². The van der Waals surface area contributed by atoms with Gasteiger partial charge >= 0.3 is 0 Å². The van der Waals surface area contributed by atoms with E-state index in [4.69, 9.17) is 0 Å². The van der Waals surface area contributed by atoms with Crippen LogP contribution in [0.5, 0.6) is 0 Å². The summed E-state index contributed by atoms with van der Waals surface area (Å²) in [5.41, 5.74) is 0.483. The van der Waals surface area contributed by atoms with Crippen LogP contribution in [0.2, 0.25) is 0 Å². The molecule has 2 saturated heterocycles. The van der Waals surface area contributed by atoms with Crippen molar-refractivity contribution in [2.75, 3.05) is 13.1 Å². The molecule has 0 aliphatic carbocycles. The van der Waals surface area contributed by atoms with E-state index < -0.39 is 0 Å². The van der Waals surface area contributed by atoms with Crippen LogP contribution in [0.1, 0.15) is 50.0 Å². The van der Waals surface area contributed by atoms with E-state index in [1.807, 2.05) is 4.90 Å². The number of likely N-dealkylation sites (tertiary alicyclic amines) is 1. The van der Waals surface area contributed by atoms with Crippen LogP contribution in [0, 0.1) is 5.92 Å². The number of rotatable bonds is 4. The quantitative estimate of drug-likeness (QED) is 0.908. The van der Waals surface area contributed by atoms with Crippen molar-refractivity contribution in [3.63, 3.8) is 0 Å². The average molecular weight is 291 g/mol. The van der Waals surface area contributed by atoms with E-state index in [1.54, 1.807) is 10.9 Å². The van der Waals surface area contributed by atoms with Gasteiger partial charge < -0.3 is 10.2 Å². The summed E-state index contributed by atoms with van der Waals surface area (Å²) in [6.07, 6.45) is 6.31. The number of aryl methyl sites for hydroxylation is 1. The van der Waals surface area contributed by atoms with Gasteiger partial charge in [0.2, 0.25) is 0 Å². The zero-order valence-corrected chi connectivity index (χ0v) is 13.0. The molecule has 2 unspecified atom stereocenters. The number of hydrogen-bond donors (Lipinski definition) is 1. The van der Waals surface area contributed by atoms with Crippen LogP contribution in [0.4, 0.5) is 0 Å². The maximum absolute atomic E-state index is 12.6. The van der Waals surface area contributed by atoms with E-state index in [-0.39, 0.29) is 5.91 Å². The van der Waals surface area contributed by atoms with Gasteiger partial charge in [0, 0.05) is 31.7 Å². The van der Waals surface area contributed by atoms with Crippen LogP contribution in [0.25, 0.3) is 0 Å². The predicted molar refractivity (Wildman–Crippen MR) is 79.9 cm³/mol. The highest BCUT2D eigenvalue weighted by Crippen LogP contribution is 2.21. The van der Waals surface area contributed by atoms with E-state index >= 15 is 0 Å². The molecule has 0 saturated carbocycles. The molecular weight excluding hydrogens is 266 g/mol. The van der Waals surface area contributed by atoms with Crippen LogP contribution >= 0.6 is 0 Å². The normalized spacial score (nSPS) is 25.4. The molecule has 1 aromatic rings. The highest BCUT2D eigenvalue weighted by molar-refractivity contribution is 5.92. The van der Waals surface area contributed by atoms with E-state index in [9.17, 15) is 4.79 Å². The van der Waals surface area contributed by atoms with Gasteiger partial charge in [0.1, 0.15) is 0 Å². The number of fused-ring (bicyclic) bond motifs is 2. The lowest BCUT2D eigenvalue weighted by molar-refractivity contribution is 0.0742. The van der Waals surface area contributed by atoms with Crippen LogP contribution in [0.15, 0.2) is 6.20 Å². The summed E-state index contributed by atoms with van der Waals surface area (Å²) in [5.74, 6) is 0.653. The first kappa shape index (κ1) is 14.5. The summed E-state index contributed by atoms with van der Waals surface area (Å²) in [6, 6.07) is 1.05. The molecule has 2 aliphatic rings. The van der Waals surface area contributed by atoms with E-state index in [1.165, 1.54) is 12.8 Å². The molecule has 2 bridgehead atoms. The molecule has 116 valence electrons. The van der Waals surface area contributed by atoms with Crippen molar-refractivity contribution in [3.05, 3.63) is 11.9 Å². The molecule has 1 amide bonds. The van der Waals surface area contributed by atoms with Crippen molar-refractivity contribution in [2.24, 2.45) is 5.92 Å². The number of nitrogens with zero attached hydrogens (tertiary/aromatic N) is 4. The van der Waals surface area contributed by atoms with Crippen LogP contribution in [0.3, 0.4) is 0 Å². The van der Waals surface area contributed by atoms with Gasteiger partial charge in [0.05, 0.1) is 6.20 Å². The van der Waals surface area contributed by atoms with Gasteiger partial charge in [-0.25, -0.2) is 0 Å². The van der Waals surface area contributed by atoms with Crippen molar-refractivity contribution in [1.29, 1.82) is 0 Å². The van der Waals surface area contributed by atoms with Gasteiger partial charge in [-0.2, -0.15) is 0 Å². The number of nitrogens with one attached hydrogen (secondary N) is 1. The standard InChI is InChI=1S/C15H25N5O/c1-11(2)5-8-20-10-14(17-18-20)15(21)19-7-6-12-3-4-13(9-19)16-12/h10-13,16H,3-9H2,1-2H3. The minimum Gasteiger partial charge on any atom is -0.336 e. The molecule has 0 radical (unpaired) electrons. The molecule has 2 fully saturated rings. The third kappa shape index (κ3) is 3.43. The summed E-state index contributed by atoms with van der Waals surface area (Å²) in [4.78, 5) is 14.5. The maximum atomic E-state index is 12.6. The van der Waals surface area contributed by atoms with E-state index in [2.05, 4.69) is 29.5 Å². The summed E-state index contributed by atoms with van der Waals surface area (Å²) in [7, 11) is 0. The zero-order chi connectivity index (χ0) is 14.8. The molecule has 0 aromatic carbocycles. The Labute approximate surface area is 125 Å². The Kier molecular flexibility index (Phi) is 4.24. The Balaban J connectivity index is 1.62. The Morgan fingerprint density at radius 1 is 1.38 bits per heavy atom. The average Bonchev–Trinajstić information content (AvgIpc) is 3.02. The van der Waals surface area contributed by atoms with Crippen molar-refractivity contribution in [3.8, 4) is 0 Å². The highest BCUT2D eigenvalue weighted by Gasteiger charge is 2.32. The molecule has 2 atom stereocenters. The molecular formula is C15H25N5O. The second-order valence-corrected chi connectivity index (χ2v) is 6.73. The molecule has 3 rings (SSSR count). The molecule has 1 N–H and O–H groups in total. The van der Waals surface area contributed by atoms with E-state index in [0.29, 0.717) is 23.7 Å². The zero-order valence-electron chi connectivity index (χ0n) is 13.0. The lowest BCUT2D eigenvalue weighted by Gasteiger charge is -2.23. The summed E-state index contributed by atoms with van der Waals surface area (Å²) < 4.78 is 1.79. The molecule has 3 heterocycles. The topological polar surface area (TPSA) is 63.1 Å². The van der Waals surface area contributed by atoms with Gasteiger partial charge in [-0.05, 0) is 31.6 Å². The van der Waals surface area contributed by atoms with Gasteiger partial charge in [-0.3, -0.25) is 9.48 Å². The Morgan fingerprint density at radius 2 is 2.19 bits per heavy atom. The fraction of sp³-hybridized carbons (Fsp3) is 0.800. The third-order valence-corrected chi connectivity index (χ3v) is 4.50. The molecule has 2 aliphatic heterocycles. The summed E-state index contributed by atoms with van der Waals surface area (Å²) in [6.45, 7) is 6.81. The molecule has 21 heavy (non-hydrogen) atoms. The van der Waals surface area contributed by atoms with Gasteiger partial charge in [0.15, 0.2) is 5.69 Å². The van der Waals surface area contributed by atoms with Crippen LogP contribution in [-0.4, -0.2) is 51.0 Å². The highest BCUT2D eigenvalue weighted by atomic mass is 16.2. The largest absolute Gasteiger partial charge is 0.336 e. The first-order chi connectivity index (χ1) is 10.1. The lowest BCUT2D eigenvalue weighted by Crippen LogP contribution is -2.39. The van der Waals surface area contributed by atoms with Crippen molar-refractivity contribution < 1.29 is 4.79 Å². The smallest absolute Gasteiger partial charge is 0.276 e. The number of carbonyl (C=O) groups excluding carboxylic acids is 1. The maximum Gasteiger partial charge on any atom is 0.276 e. The molecule has 6 nitrogen and oxygen atoms in total. The number of hydrogen-bond acceptors (Lipinski definition) is 4. The van der Waals surface area contributed by atoms with Crippen molar-refractivity contribution >= 4 is 5.91 Å². The summed E-state index contributed by atoms with van der Waals surface area (Å²) in [5, 5.41) is 11.7. The van der Waals surface area contributed by atoms with Gasteiger partial charge in [0.25, 0.3) is 5.91 Å². The number of amides is 1. The Morgan fingerprint density at radius 3 is 3.00 bits per heavy atom. The minimum atomic E-state index is 0.0279. The molecule has 1 aromatic heterocycles. The van der Waals surface area contributed by atoms with Crippen molar-refractivity contribution in [1.82, 2.24) is 25.2 Å². The SMILES string of the molecule is CC(C)CCn1cc(C(=O)N2CCC3CCC(C2)N3)nn1. The van der Waals surface area contributed by atoms with Gasteiger partial charge in [-0.15, -0.1) is 5.10 Å². The van der Waals surface area contributed by atoms with Crippen LogP contribution in [-0.2, 0) is 6.54 Å². The first-order valence-electron chi connectivity index (χ1n) is 8.07. The second kappa shape index (κ2) is 6.13. The lowest BCUT2D eigenvalue weighted by atomic mass is 10.1. The third-order valence-electron chi connectivity index (χ3n) is 4.50. The Hall–Kier alpha value is -1.43. The number of carbonyl (C=O) groups is 1. The monoisotopic (exact) mass is 291 g/mol. The van der Waals surface area contributed by atoms with E-state index in [0.717, 1.165) is 32.5 Å². The molecule has 6 heteroatoms. The Bertz CT molecular complexity index is 498. The first-order valence-corrected chi connectivity index (χ1v) is 8.07. The second-order valence-electron chi connectivity index (χ2n) is 6.73. The fourth-order valence-corrected chi connectivity index (χ4v) is 3.19. The minimum absolute atomic E-state index is 0.0279. The predicted octanol–water partition coefficient (Wildman–Crippen LogP) is 1.29.